The fourth-order valence-corrected chi connectivity index (χ4v) is 2.03. The van der Waals surface area contributed by atoms with Crippen LogP contribution >= 0.6 is 0 Å². The Morgan fingerprint density at radius 1 is 0.781 bits per heavy atom. The average Bonchev–Trinajstić information content (AvgIpc) is 2.77. The predicted octanol–water partition coefficient (Wildman–Crippen LogP) is 2.07. The number of carbonyl (C=O) groups is 4. The fraction of sp³-hybridized carbons (Fsp3) is 0.455. The molecule has 0 aromatic rings. The van der Waals surface area contributed by atoms with E-state index in [9.17, 15) is 19.2 Å². The Hall–Kier alpha value is -3.92. The third kappa shape index (κ3) is 13.3. The van der Waals surface area contributed by atoms with Gasteiger partial charge in [0.2, 0.25) is 0 Å². The zero-order valence-corrected chi connectivity index (χ0v) is 18.0. The number of hydrogen-bond donors (Lipinski definition) is 0. The molecule has 0 aliphatic rings. The molecule has 0 aromatic carbocycles. The van der Waals surface area contributed by atoms with Crippen LogP contribution < -0.4 is 0 Å². The number of esters is 4. The molecular weight excluding hydrogens is 420 g/mol. The molecule has 10 nitrogen and oxygen atoms in total. The number of nitrogens with zero attached hydrogens (tertiary/aromatic N) is 2. The van der Waals surface area contributed by atoms with Gasteiger partial charge in [0.15, 0.2) is 0 Å². The Kier molecular flexibility index (Phi) is 13.9. The van der Waals surface area contributed by atoms with Gasteiger partial charge in [0.05, 0.1) is 29.2 Å². The zero-order chi connectivity index (χ0) is 24.5. The Morgan fingerprint density at radius 3 is 1.62 bits per heavy atom. The molecule has 0 atom stereocenters. The van der Waals surface area contributed by atoms with Gasteiger partial charge in [-0.15, -0.1) is 0 Å². The highest BCUT2D eigenvalue weighted by Crippen LogP contribution is 2.17. The van der Waals surface area contributed by atoms with E-state index in [0.29, 0.717) is 0 Å². The first-order chi connectivity index (χ1) is 15.1. The molecular formula is C22H26N2O8. The van der Waals surface area contributed by atoms with Crippen LogP contribution in [0.2, 0.25) is 0 Å². The van der Waals surface area contributed by atoms with Crippen LogP contribution in [0.3, 0.4) is 0 Å². The summed E-state index contributed by atoms with van der Waals surface area (Å²) in [5.74, 6) is -3.46. The number of rotatable bonds is 15. The van der Waals surface area contributed by atoms with Crippen LogP contribution in [0.1, 0.15) is 32.6 Å². The maximum absolute atomic E-state index is 12.4. The first kappa shape index (κ1) is 28.1. The molecule has 0 amide bonds. The summed E-state index contributed by atoms with van der Waals surface area (Å²) in [6.45, 7) is 10.8. The molecule has 0 spiro atoms. The lowest BCUT2D eigenvalue weighted by atomic mass is 9.97. The Labute approximate surface area is 186 Å². The van der Waals surface area contributed by atoms with Crippen molar-refractivity contribution in [2.75, 3.05) is 26.4 Å². The van der Waals surface area contributed by atoms with Gasteiger partial charge in [-0.25, -0.2) is 4.79 Å². The second-order valence-corrected chi connectivity index (χ2v) is 6.61. The standard InChI is InChI=1S/C22H26N2O8/c1-15(2)21(27)29-9-10-30-22(28)18(5-7-19(25)31-13-16(3)11-23)6-8-20(26)32-14-17(4)12-24/h18H,1,3-10,13-14H2,2H3. The van der Waals surface area contributed by atoms with Crippen molar-refractivity contribution < 1.29 is 38.1 Å². The van der Waals surface area contributed by atoms with Gasteiger partial charge in [-0.2, -0.15) is 10.5 Å². The summed E-state index contributed by atoms with van der Waals surface area (Å²) in [4.78, 5) is 47.3. The fourth-order valence-electron chi connectivity index (χ4n) is 2.03. The van der Waals surface area contributed by atoms with Gasteiger partial charge in [0, 0.05) is 18.4 Å². The molecule has 0 fully saturated rings. The van der Waals surface area contributed by atoms with Crippen molar-refractivity contribution in [3.63, 3.8) is 0 Å². The van der Waals surface area contributed by atoms with Gasteiger partial charge >= 0.3 is 23.9 Å². The topological polar surface area (TPSA) is 153 Å². The van der Waals surface area contributed by atoms with Crippen LogP contribution in [-0.4, -0.2) is 50.3 Å². The van der Waals surface area contributed by atoms with E-state index in [1.165, 1.54) is 6.92 Å². The molecule has 0 aliphatic carbocycles. The SMILES string of the molecule is C=C(C#N)COC(=O)CCC(CCC(=O)OCC(=C)C#N)C(=O)OCCOC(=O)C(=C)C. The maximum atomic E-state index is 12.4. The lowest BCUT2D eigenvalue weighted by Crippen LogP contribution is -2.23. The lowest BCUT2D eigenvalue weighted by molar-refractivity contribution is -0.155. The first-order valence-corrected chi connectivity index (χ1v) is 9.56. The van der Waals surface area contributed by atoms with Crippen LogP contribution in [0.5, 0.6) is 0 Å². The largest absolute Gasteiger partial charge is 0.462 e. The van der Waals surface area contributed by atoms with Crippen molar-refractivity contribution >= 4 is 23.9 Å². The highest BCUT2D eigenvalue weighted by molar-refractivity contribution is 5.86. The van der Waals surface area contributed by atoms with Crippen molar-refractivity contribution in [3.8, 4) is 12.1 Å². The van der Waals surface area contributed by atoms with Gasteiger partial charge in [0.25, 0.3) is 0 Å². The summed E-state index contributed by atoms with van der Waals surface area (Å²) in [5, 5.41) is 17.2. The normalized spacial score (nSPS) is 9.62. The van der Waals surface area contributed by atoms with Crippen LogP contribution in [-0.2, 0) is 38.1 Å². The van der Waals surface area contributed by atoms with Gasteiger partial charge < -0.3 is 18.9 Å². The van der Waals surface area contributed by atoms with E-state index in [2.05, 4.69) is 19.7 Å². The first-order valence-electron chi connectivity index (χ1n) is 9.56. The van der Waals surface area contributed by atoms with E-state index in [1.54, 1.807) is 12.1 Å². The van der Waals surface area contributed by atoms with E-state index in [1.807, 2.05) is 0 Å². The van der Waals surface area contributed by atoms with E-state index in [0.717, 1.165) is 0 Å². The smallest absolute Gasteiger partial charge is 0.333 e. The Balaban J connectivity index is 4.73. The molecule has 0 saturated carbocycles. The monoisotopic (exact) mass is 446 g/mol. The molecule has 0 radical (unpaired) electrons. The molecule has 0 aliphatic heterocycles. The molecule has 32 heavy (non-hydrogen) atoms. The lowest BCUT2D eigenvalue weighted by Gasteiger charge is -2.15. The van der Waals surface area contributed by atoms with E-state index >= 15 is 0 Å². The van der Waals surface area contributed by atoms with Crippen LogP contribution in [0.25, 0.3) is 0 Å². The van der Waals surface area contributed by atoms with Crippen LogP contribution in [0, 0.1) is 28.6 Å². The van der Waals surface area contributed by atoms with Crippen molar-refractivity contribution in [2.45, 2.75) is 32.6 Å². The summed E-state index contributed by atoms with van der Waals surface area (Å²) < 4.78 is 19.6. The number of nitriles is 2. The number of hydrogen-bond acceptors (Lipinski definition) is 10. The second-order valence-electron chi connectivity index (χ2n) is 6.61. The predicted molar refractivity (Wildman–Crippen MR) is 110 cm³/mol. The van der Waals surface area contributed by atoms with Crippen molar-refractivity contribution in [1.82, 2.24) is 0 Å². The molecule has 0 unspecified atom stereocenters. The van der Waals surface area contributed by atoms with Gasteiger partial charge in [-0.05, 0) is 19.8 Å². The molecule has 172 valence electrons. The minimum atomic E-state index is -0.842. The highest BCUT2D eigenvalue weighted by atomic mass is 16.6. The third-order valence-electron chi connectivity index (χ3n) is 3.77. The van der Waals surface area contributed by atoms with Crippen LogP contribution in [0.15, 0.2) is 36.5 Å². The Bertz CT molecular complexity index is 786. The van der Waals surface area contributed by atoms with Crippen LogP contribution in [0.4, 0.5) is 0 Å². The molecule has 0 heterocycles. The zero-order valence-electron chi connectivity index (χ0n) is 18.0. The Morgan fingerprint density at radius 2 is 1.22 bits per heavy atom. The van der Waals surface area contributed by atoms with E-state index in [-0.39, 0.29) is 68.8 Å². The van der Waals surface area contributed by atoms with Crippen molar-refractivity contribution in [3.05, 3.63) is 36.5 Å². The van der Waals surface area contributed by atoms with Crippen molar-refractivity contribution in [1.29, 1.82) is 10.5 Å². The molecule has 0 rings (SSSR count). The molecule has 0 N–H and O–H groups in total. The molecule has 10 heteroatoms. The van der Waals surface area contributed by atoms with E-state index < -0.39 is 29.8 Å². The maximum Gasteiger partial charge on any atom is 0.333 e. The van der Waals surface area contributed by atoms with Crippen molar-refractivity contribution in [2.24, 2.45) is 5.92 Å². The molecule has 0 saturated heterocycles. The van der Waals surface area contributed by atoms with Gasteiger partial charge in [0.1, 0.15) is 26.4 Å². The van der Waals surface area contributed by atoms with Gasteiger partial charge in [-0.1, -0.05) is 19.7 Å². The summed E-state index contributed by atoms with van der Waals surface area (Å²) in [6, 6.07) is 3.48. The quantitative estimate of drug-likeness (QED) is 0.120. The minimum absolute atomic E-state index is 0.0143. The summed E-state index contributed by atoms with van der Waals surface area (Å²) in [7, 11) is 0. The van der Waals surface area contributed by atoms with E-state index in [4.69, 9.17) is 29.5 Å². The number of ether oxygens (including phenoxy) is 4. The van der Waals surface area contributed by atoms with Gasteiger partial charge in [-0.3, -0.25) is 14.4 Å². The summed E-state index contributed by atoms with van der Waals surface area (Å²) >= 11 is 0. The second kappa shape index (κ2) is 15.9. The average molecular weight is 446 g/mol. The minimum Gasteiger partial charge on any atom is -0.462 e. The molecule has 0 bridgehead atoms. The molecule has 0 aromatic heterocycles. The summed E-state index contributed by atoms with van der Waals surface area (Å²) in [6.07, 6.45) is -0.298. The number of carbonyl (C=O) groups excluding carboxylic acids is 4. The summed E-state index contributed by atoms with van der Waals surface area (Å²) in [5.41, 5.74) is 0.338. The highest BCUT2D eigenvalue weighted by Gasteiger charge is 2.23. The third-order valence-corrected chi connectivity index (χ3v) is 3.77.